The van der Waals surface area contributed by atoms with Gasteiger partial charge in [0.25, 0.3) is 5.91 Å². The summed E-state index contributed by atoms with van der Waals surface area (Å²) in [7, 11) is 0. The Labute approximate surface area is 142 Å². The maximum Gasteiger partial charge on any atom is 0.314 e. The Kier molecular flexibility index (Phi) is 5.99. The third-order valence-corrected chi connectivity index (χ3v) is 4.19. The number of carbonyl (C=O) groups excluding carboxylic acids is 2. The van der Waals surface area contributed by atoms with E-state index in [2.05, 4.69) is 10.5 Å². The molecule has 1 aliphatic rings. The number of anilines is 1. The molecule has 1 amide bonds. The Balaban J connectivity index is 1.85. The average molecular weight is 338 g/mol. The summed E-state index contributed by atoms with van der Waals surface area (Å²) in [5.74, 6) is -0.0335. The molecule has 2 heterocycles. The smallest absolute Gasteiger partial charge is 0.314 e. The molecule has 1 aliphatic heterocycles. The van der Waals surface area contributed by atoms with Crippen molar-refractivity contribution in [2.45, 2.75) is 46.0 Å². The van der Waals surface area contributed by atoms with Gasteiger partial charge in [0.15, 0.2) is 6.54 Å². The highest BCUT2D eigenvalue weighted by Gasteiger charge is 2.31. The molecule has 24 heavy (non-hydrogen) atoms. The van der Waals surface area contributed by atoms with Crippen molar-refractivity contribution in [2.75, 3.05) is 31.6 Å². The standard InChI is InChI=1S/C17H27N3O4/c1-5-23-16(22)12-7-6-8-20(10-12)11-14(21)18-15-9-13(19-24-15)17(2,3)4/h9,12H,5-8,10-11H2,1-4H3,(H,18,21)/p+1/t12-/m1/s1. The zero-order valence-electron chi connectivity index (χ0n) is 15.0. The molecule has 0 aromatic carbocycles. The van der Waals surface area contributed by atoms with E-state index in [9.17, 15) is 9.59 Å². The van der Waals surface area contributed by atoms with Gasteiger partial charge in [0, 0.05) is 11.5 Å². The summed E-state index contributed by atoms with van der Waals surface area (Å²) in [6, 6.07) is 1.75. The lowest BCUT2D eigenvalue weighted by molar-refractivity contribution is -0.899. The molecule has 0 spiro atoms. The van der Waals surface area contributed by atoms with E-state index in [0.29, 0.717) is 25.6 Å². The molecule has 134 valence electrons. The first kappa shape index (κ1) is 18.4. The van der Waals surface area contributed by atoms with E-state index in [1.54, 1.807) is 6.07 Å². The summed E-state index contributed by atoms with van der Waals surface area (Å²) < 4.78 is 10.3. The van der Waals surface area contributed by atoms with Gasteiger partial charge in [0.2, 0.25) is 5.88 Å². The van der Waals surface area contributed by atoms with Crippen molar-refractivity contribution < 1.29 is 23.7 Å². The number of carbonyl (C=O) groups is 2. The highest BCUT2D eigenvalue weighted by molar-refractivity contribution is 5.90. The van der Waals surface area contributed by atoms with Crippen molar-refractivity contribution in [2.24, 2.45) is 5.92 Å². The molecule has 2 N–H and O–H groups in total. The van der Waals surface area contributed by atoms with E-state index in [4.69, 9.17) is 9.26 Å². The predicted molar refractivity (Wildman–Crippen MR) is 88.8 cm³/mol. The number of nitrogens with zero attached hydrogens (tertiary/aromatic N) is 1. The van der Waals surface area contributed by atoms with Crippen molar-refractivity contribution in [3.8, 4) is 0 Å². The Hall–Kier alpha value is -1.89. The van der Waals surface area contributed by atoms with Gasteiger partial charge in [-0.05, 0) is 19.8 Å². The summed E-state index contributed by atoms with van der Waals surface area (Å²) in [5.41, 5.74) is 0.669. The normalized spacial score (nSPS) is 21.3. The summed E-state index contributed by atoms with van der Waals surface area (Å²) in [6.07, 6.45) is 1.75. The van der Waals surface area contributed by atoms with Crippen molar-refractivity contribution in [3.05, 3.63) is 11.8 Å². The number of nitrogens with one attached hydrogen (secondary N) is 2. The van der Waals surface area contributed by atoms with Crippen LogP contribution in [0.1, 0.15) is 46.2 Å². The Morgan fingerprint density at radius 2 is 2.21 bits per heavy atom. The predicted octanol–water partition coefficient (Wildman–Crippen LogP) is 0.769. The zero-order chi connectivity index (χ0) is 17.7. The molecular formula is C17H28N3O4+. The van der Waals surface area contributed by atoms with E-state index in [-0.39, 0.29) is 23.2 Å². The topological polar surface area (TPSA) is 85.9 Å². The number of esters is 1. The van der Waals surface area contributed by atoms with Crippen LogP contribution in [0.3, 0.4) is 0 Å². The molecular weight excluding hydrogens is 310 g/mol. The maximum absolute atomic E-state index is 12.2. The quantitative estimate of drug-likeness (QED) is 0.775. The molecule has 1 fully saturated rings. The number of amides is 1. The molecule has 1 saturated heterocycles. The Morgan fingerprint density at radius 3 is 2.83 bits per heavy atom. The highest BCUT2D eigenvalue weighted by atomic mass is 16.5. The van der Waals surface area contributed by atoms with Gasteiger partial charge < -0.3 is 14.2 Å². The van der Waals surface area contributed by atoms with Crippen LogP contribution in [-0.2, 0) is 19.7 Å². The van der Waals surface area contributed by atoms with Gasteiger partial charge >= 0.3 is 5.97 Å². The van der Waals surface area contributed by atoms with Crippen molar-refractivity contribution in [1.29, 1.82) is 0 Å². The summed E-state index contributed by atoms with van der Waals surface area (Å²) in [6.45, 7) is 10.1. The van der Waals surface area contributed by atoms with E-state index in [0.717, 1.165) is 30.0 Å². The largest absolute Gasteiger partial charge is 0.466 e. The van der Waals surface area contributed by atoms with Crippen LogP contribution >= 0.6 is 0 Å². The van der Waals surface area contributed by atoms with Crippen LogP contribution < -0.4 is 10.2 Å². The lowest BCUT2D eigenvalue weighted by atomic mass is 9.92. The van der Waals surface area contributed by atoms with Crippen LogP contribution in [0.4, 0.5) is 5.88 Å². The second kappa shape index (κ2) is 7.79. The number of quaternary nitrogens is 1. The summed E-state index contributed by atoms with van der Waals surface area (Å²) in [5, 5.41) is 6.73. The summed E-state index contributed by atoms with van der Waals surface area (Å²) in [4.78, 5) is 25.2. The van der Waals surface area contributed by atoms with Gasteiger partial charge in [-0.15, -0.1) is 0 Å². The average Bonchev–Trinajstić information content (AvgIpc) is 2.96. The SMILES string of the molecule is CCOC(=O)[C@@H]1CCC[NH+](CC(=O)Nc2cc(C(C)(C)C)no2)C1. The van der Waals surface area contributed by atoms with Gasteiger partial charge in [-0.1, -0.05) is 25.9 Å². The molecule has 0 saturated carbocycles. The minimum absolute atomic E-state index is 0.112. The van der Waals surface area contributed by atoms with Crippen LogP contribution in [0.5, 0.6) is 0 Å². The number of piperidine rings is 1. The fourth-order valence-electron chi connectivity index (χ4n) is 2.87. The molecule has 2 rings (SSSR count). The molecule has 7 nitrogen and oxygen atoms in total. The molecule has 2 atom stereocenters. The van der Waals surface area contributed by atoms with Crippen LogP contribution in [-0.4, -0.2) is 43.3 Å². The van der Waals surface area contributed by atoms with Crippen molar-refractivity contribution in [3.63, 3.8) is 0 Å². The number of ether oxygens (including phenoxy) is 1. The first-order valence-electron chi connectivity index (χ1n) is 8.57. The minimum atomic E-state index is -0.153. The first-order valence-corrected chi connectivity index (χ1v) is 8.57. The van der Waals surface area contributed by atoms with Crippen molar-refractivity contribution >= 4 is 17.8 Å². The van der Waals surface area contributed by atoms with Gasteiger partial charge in [0.05, 0.1) is 25.4 Å². The monoisotopic (exact) mass is 338 g/mol. The number of aromatic nitrogens is 1. The Morgan fingerprint density at radius 1 is 1.46 bits per heavy atom. The molecule has 1 aromatic rings. The second-order valence-corrected chi connectivity index (χ2v) is 7.35. The minimum Gasteiger partial charge on any atom is -0.466 e. The molecule has 1 aromatic heterocycles. The maximum atomic E-state index is 12.2. The number of hydrogen-bond acceptors (Lipinski definition) is 5. The highest BCUT2D eigenvalue weighted by Crippen LogP contribution is 2.23. The van der Waals surface area contributed by atoms with Crippen molar-refractivity contribution in [1.82, 2.24) is 5.16 Å². The van der Waals surface area contributed by atoms with Crippen LogP contribution in [0, 0.1) is 5.92 Å². The van der Waals surface area contributed by atoms with E-state index >= 15 is 0 Å². The fraction of sp³-hybridized carbons (Fsp3) is 0.706. The van der Waals surface area contributed by atoms with E-state index in [1.165, 1.54) is 0 Å². The van der Waals surface area contributed by atoms with E-state index in [1.807, 2.05) is 27.7 Å². The second-order valence-electron chi connectivity index (χ2n) is 7.35. The first-order chi connectivity index (χ1) is 11.3. The third kappa shape index (κ3) is 5.06. The van der Waals surface area contributed by atoms with Crippen LogP contribution in [0.2, 0.25) is 0 Å². The molecule has 7 heteroatoms. The Bertz CT molecular complexity index is 577. The zero-order valence-corrected chi connectivity index (χ0v) is 15.0. The number of rotatable bonds is 5. The van der Waals surface area contributed by atoms with Gasteiger partial charge in [-0.25, -0.2) is 0 Å². The third-order valence-electron chi connectivity index (χ3n) is 4.19. The summed E-state index contributed by atoms with van der Waals surface area (Å²) >= 11 is 0. The van der Waals surface area contributed by atoms with Gasteiger partial charge in [0.1, 0.15) is 5.92 Å². The molecule has 0 aliphatic carbocycles. The van der Waals surface area contributed by atoms with E-state index < -0.39 is 0 Å². The molecule has 0 radical (unpaired) electrons. The van der Waals surface area contributed by atoms with Gasteiger partial charge in [-0.3, -0.25) is 14.9 Å². The number of hydrogen-bond donors (Lipinski definition) is 2. The fourth-order valence-corrected chi connectivity index (χ4v) is 2.87. The van der Waals surface area contributed by atoms with Crippen LogP contribution in [0.15, 0.2) is 10.6 Å². The lowest BCUT2D eigenvalue weighted by Gasteiger charge is -2.27. The van der Waals surface area contributed by atoms with Crippen LogP contribution in [0.25, 0.3) is 0 Å². The van der Waals surface area contributed by atoms with Gasteiger partial charge in [-0.2, -0.15) is 0 Å². The molecule has 0 bridgehead atoms. The number of likely N-dealkylation sites (tertiary alicyclic amines) is 1. The molecule has 1 unspecified atom stereocenters. The lowest BCUT2D eigenvalue weighted by Crippen LogP contribution is -3.14.